The van der Waals surface area contributed by atoms with Gasteiger partial charge in [-0.05, 0) is 60.5 Å². The molecule has 0 saturated heterocycles. The van der Waals surface area contributed by atoms with Gasteiger partial charge in [-0.1, -0.05) is 58.5 Å². The lowest BCUT2D eigenvalue weighted by molar-refractivity contribution is 0.306. The Bertz CT molecular complexity index is 1000. The number of ether oxygens (including phenoxy) is 1. The van der Waals surface area contributed by atoms with Crippen LogP contribution >= 0.6 is 46.4 Å². The van der Waals surface area contributed by atoms with Crippen LogP contribution in [0.1, 0.15) is 16.7 Å². The van der Waals surface area contributed by atoms with Gasteiger partial charge in [-0.3, -0.25) is 4.99 Å². The molecular formula is C21H15Cl4NO. The molecule has 27 heavy (non-hydrogen) atoms. The number of benzene rings is 3. The van der Waals surface area contributed by atoms with E-state index in [0.29, 0.717) is 32.4 Å². The molecule has 0 unspecified atom stereocenters. The molecule has 0 aliphatic heterocycles. The van der Waals surface area contributed by atoms with Crippen molar-refractivity contribution in [2.75, 3.05) is 0 Å². The van der Waals surface area contributed by atoms with Crippen LogP contribution in [0.4, 0.5) is 5.69 Å². The molecule has 0 aliphatic carbocycles. The van der Waals surface area contributed by atoms with E-state index in [-0.39, 0.29) is 0 Å². The first-order chi connectivity index (χ1) is 12.9. The predicted molar refractivity (Wildman–Crippen MR) is 116 cm³/mol. The van der Waals surface area contributed by atoms with Crippen LogP contribution in [0.2, 0.25) is 20.1 Å². The third-order valence-electron chi connectivity index (χ3n) is 3.88. The first-order valence-electron chi connectivity index (χ1n) is 8.09. The smallest absolute Gasteiger partial charge is 0.138 e. The number of halogens is 4. The van der Waals surface area contributed by atoms with Gasteiger partial charge in [0.2, 0.25) is 0 Å². The van der Waals surface area contributed by atoms with E-state index in [4.69, 9.17) is 51.1 Å². The first-order valence-corrected chi connectivity index (χ1v) is 9.60. The lowest BCUT2D eigenvalue weighted by atomic mass is 10.2. The predicted octanol–water partition coefficient (Wildman–Crippen LogP) is 7.94. The molecule has 0 heterocycles. The third kappa shape index (κ3) is 5.40. The van der Waals surface area contributed by atoms with E-state index in [1.165, 1.54) is 0 Å². The van der Waals surface area contributed by atoms with E-state index in [1.807, 2.05) is 37.3 Å². The van der Waals surface area contributed by atoms with Crippen LogP contribution in [-0.4, -0.2) is 6.21 Å². The van der Waals surface area contributed by atoms with E-state index in [1.54, 1.807) is 30.5 Å². The molecule has 3 aromatic rings. The highest BCUT2D eigenvalue weighted by Gasteiger charge is 2.06. The Morgan fingerprint density at radius 1 is 0.852 bits per heavy atom. The van der Waals surface area contributed by atoms with Crippen LogP contribution < -0.4 is 4.74 Å². The number of aryl methyl sites for hydroxylation is 1. The van der Waals surface area contributed by atoms with Gasteiger partial charge in [-0.25, -0.2) is 0 Å². The molecule has 0 fully saturated rings. The van der Waals surface area contributed by atoms with E-state index >= 15 is 0 Å². The first kappa shape index (κ1) is 20.0. The van der Waals surface area contributed by atoms with E-state index in [9.17, 15) is 0 Å². The van der Waals surface area contributed by atoms with Gasteiger partial charge in [-0.15, -0.1) is 0 Å². The van der Waals surface area contributed by atoms with E-state index in [2.05, 4.69) is 4.99 Å². The lowest BCUT2D eigenvalue weighted by Crippen LogP contribution is -1.97. The Morgan fingerprint density at radius 2 is 1.59 bits per heavy atom. The second-order valence-electron chi connectivity index (χ2n) is 5.90. The van der Waals surface area contributed by atoms with Gasteiger partial charge in [-0.2, -0.15) is 0 Å². The zero-order valence-electron chi connectivity index (χ0n) is 14.3. The minimum Gasteiger partial charge on any atom is -0.487 e. The average molecular weight is 439 g/mol. The molecule has 138 valence electrons. The number of rotatable bonds is 5. The van der Waals surface area contributed by atoms with Gasteiger partial charge in [0.1, 0.15) is 12.4 Å². The van der Waals surface area contributed by atoms with Crippen molar-refractivity contribution in [3.05, 3.63) is 91.4 Å². The molecule has 0 aromatic heterocycles. The fourth-order valence-electron chi connectivity index (χ4n) is 2.37. The summed E-state index contributed by atoms with van der Waals surface area (Å²) in [4.78, 5) is 4.48. The summed E-state index contributed by atoms with van der Waals surface area (Å²) in [5.74, 6) is 0.568. The molecule has 0 aliphatic rings. The van der Waals surface area contributed by atoms with Crippen LogP contribution in [0.15, 0.2) is 59.6 Å². The van der Waals surface area contributed by atoms with Crippen LogP contribution in [0.5, 0.6) is 5.75 Å². The van der Waals surface area contributed by atoms with Gasteiger partial charge in [0.15, 0.2) is 0 Å². The number of nitrogens with zero attached hydrogens (tertiary/aromatic N) is 1. The highest BCUT2D eigenvalue weighted by Crippen LogP contribution is 2.28. The molecule has 6 heteroatoms. The van der Waals surface area contributed by atoms with Crippen LogP contribution in [0.25, 0.3) is 0 Å². The SMILES string of the molecule is Cc1ccc(Cl)cc1N=Cc1ccc(OCc2ccc(Cl)cc2Cl)c(Cl)c1. The van der Waals surface area contributed by atoms with Crippen molar-refractivity contribution in [3.63, 3.8) is 0 Å². The number of hydrogen-bond donors (Lipinski definition) is 0. The normalized spacial score (nSPS) is 11.1. The molecule has 3 rings (SSSR count). The third-order valence-corrected chi connectivity index (χ3v) is 5.00. The summed E-state index contributed by atoms with van der Waals surface area (Å²) in [6, 6.07) is 16.4. The number of aliphatic imine (C=N–C) groups is 1. The minimum atomic E-state index is 0.296. The average Bonchev–Trinajstić information content (AvgIpc) is 2.63. The van der Waals surface area contributed by atoms with Gasteiger partial charge in [0, 0.05) is 26.8 Å². The largest absolute Gasteiger partial charge is 0.487 e. The Hall–Kier alpha value is -1.71. The highest BCUT2D eigenvalue weighted by atomic mass is 35.5. The van der Waals surface area contributed by atoms with Crippen molar-refractivity contribution in [3.8, 4) is 5.75 Å². The fourth-order valence-corrected chi connectivity index (χ4v) is 3.25. The second-order valence-corrected chi connectivity index (χ2v) is 7.59. The maximum atomic E-state index is 6.34. The minimum absolute atomic E-state index is 0.296. The second kappa shape index (κ2) is 8.99. The fraction of sp³-hybridized carbons (Fsp3) is 0.0952. The molecule has 0 spiro atoms. The summed E-state index contributed by atoms with van der Waals surface area (Å²) in [6.07, 6.45) is 1.74. The van der Waals surface area contributed by atoms with Crippen molar-refractivity contribution < 1.29 is 4.74 Å². The van der Waals surface area contributed by atoms with Crippen molar-refractivity contribution in [2.45, 2.75) is 13.5 Å². The summed E-state index contributed by atoms with van der Waals surface area (Å²) < 4.78 is 5.77. The van der Waals surface area contributed by atoms with Gasteiger partial charge in [0.25, 0.3) is 0 Å². The Kier molecular flexibility index (Phi) is 6.67. The zero-order chi connectivity index (χ0) is 19.4. The molecule has 3 aromatic carbocycles. The molecule has 0 amide bonds. The Labute approximate surface area is 178 Å². The molecular weight excluding hydrogens is 424 g/mol. The van der Waals surface area contributed by atoms with Crippen LogP contribution in [0.3, 0.4) is 0 Å². The van der Waals surface area contributed by atoms with Crippen molar-refractivity contribution >= 4 is 58.3 Å². The summed E-state index contributed by atoms with van der Waals surface area (Å²) in [5, 5.41) is 2.28. The summed E-state index contributed by atoms with van der Waals surface area (Å²) in [5.41, 5.74) is 3.55. The monoisotopic (exact) mass is 437 g/mol. The lowest BCUT2D eigenvalue weighted by Gasteiger charge is -2.10. The topological polar surface area (TPSA) is 21.6 Å². The summed E-state index contributed by atoms with van der Waals surface area (Å²) >= 11 is 24.4. The molecule has 0 bridgehead atoms. The van der Waals surface area contributed by atoms with Crippen LogP contribution in [0, 0.1) is 6.92 Å². The van der Waals surface area contributed by atoms with Crippen molar-refractivity contribution in [2.24, 2.45) is 4.99 Å². The highest BCUT2D eigenvalue weighted by molar-refractivity contribution is 6.35. The van der Waals surface area contributed by atoms with E-state index in [0.717, 1.165) is 22.4 Å². The zero-order valence-corrected chi connectivity index (χ0v) is 17.4. The quantitative estimate of drug-likeness (QED) is 0.370. The van der Waals surface area contributed by atoms with Crippen LogP contribution in [-0.2, 0) is 6.61 Å². The maximum absolute atomic E-state index is 6.34. The summed E-state index contributed by atoms with van der Waals surface area (Å²) in [7, 11) is 0. The van der Waals surface area contributed by atoms with Gasteiger partial charge < -0.3 is 4.74 Å². The Morgan fingerprint density at radius 3 is 2.33 bits per heavy atom. The molecule has 0 N–H and O–H groups in total. The molecule has 0 saturated carbocycles. The van der Waals surface area contributed by atoms with Gasteiger partial charge >= 0.3 is 0 Å². The summed E-state index contributed by atoms with van der Waals surface area (Å²) in [6.45, 7) is 2.28. The molecule has 2 nitrogen and oxygen atoms in total. The molecule has 0 atom stereocenters. The standard InChI is InChI=1S/C21H15Cl4NO/c1-13-2-5-17(23)10-20(13)26-11-14-3-7-21(19(25)8-14)27-12-15-4-6-16(22)9-18(15)24/h2-11H,12H2,1H3. The van der Waals surface area contributed by atoms with E-state index < -0.39 is 0 Å². The maximum Gasteiger partial charge on any atom is 0.138 e. The van der Waals surface area contributed by atoms with Gasteiger partial charge in [0.05, 0.1) is 10.7 Å². The Balaban J connectivity index is 1.71. The van der Waals surface area contributed by atoms with Crippen molar-refractivity contribution in [1.82, 2.24) is 0 Å². The molecule has 0 radical (unpaired) electrons. The number of hydrogen-bond acceptors (Lipinski definition) is 2. The van der Waals surface area contributed by atoms with Crippen molar-refractivity contribution in [1.29, 1.82) is 0 Å².